The molecule has 5 nitrogen and oxygen atoms in total. The van der Waals surface area contributed by atoms with Crippen molar-refractivity contribution in [3.05, 3.63) is 11.9 Å². The molecule has 1 fully saturated rings. The van der Waals surface area contributed by atoms with E-state index in [0.29, 0.717) is 11.7 Å². The lowest BCUT2D eigenvalue weighted by molar-refractivity contribution is 0.345. The second-order valence-electron chi connectivity index (χ2n) is 5.26. The van der Waals surface area contributed by atoms with Crippen LogP contribution in [0.2, 0.25) is 0 Å². The van der Waals surface area contributed by atoms with Crippen molar-refractivity contribution < 1.29 is 0 Å². The molecule has 1 aromatic rings. The van der Waals surface area contributed by atoms with Gasteiger partial charge in [0.1, 0.15) is 18.0 Å². The van der Waals surface area contributed by atoms with Gasteiger partial charge in [0, 0.05) is 18.7 Å². The average molecular weight is 263 g/mol. The van der Waals surface area contributed by atoms with Gasteiger partial charge in [0.15, 0.2) is 0 Å². The van der Waals surface area contributed by atoms with Crippen LogP contribution in [0.15, 0.2) is 6.33 Å². The Labute approximate surface area is 115 Å². The number of likely N-dealkylation sites (tertiary alicyclic amines) is 1. The second-order valence-corrected chi connectivity index (χ2v) is 5.26. The molecule has 0 bridgehead atoms. The number of aromatic nitrogens is 2. The minimum atomic E-state index is 0.612. The molecule has 1 aliphatic heterocycles. The maximum absolute atomic E-state index is 5.94. The number of anilines is 2. The summed E-state index contributed by atoms with van der Waals surface area (Å²) in [5.41, 5.74) is 7.00. The molecule has 1 saturated heterocycles. The van der Waals surface area contributed by atoms with Gasteiger partial charge in [-0.3, -0.25) is 0 Å². The monoisotopic (exact) mass is 263 g/mol. The van der Waals surface area contributed by atoms with Crippen molar-refractivity contribution in [3.8, 4) is 0 Å². The van der Waals surface area contributed by atoms with Gasteiger partial charge >= 0.3 is 0 Å². The second kappa shape index (κ2) is 6.70. The topological polar surface area (TPSA) is 67.1 Å². The first-order valence-electron chi connectivity index (χ1n) is 7.30. The normalized spacial score (nSPS) is 19.8. The van der Waals surface area contributed by atoms with Crippen molar-refractivity contribution in [2.75, 3.05) is 37.2 Å². The molecule has 1 aromatic heterocycles. The van der Waals surface area contributed by atoms with Gasteiger partial charge in [-0.1, -0.05) is 20.3 Å². The zero-order valence-corrected chi connectivity index (χ0v) is 12.0. The number of hydrogen-bond acceptors (Lipinski definition) is 5. The predicted octanol–water partition coefficient (Wildman–Crippen LogP) is 1.76. The Morgan fingerprint density at radius 2 is 2.26 bits per heavy atom. The lowest BCUT2D eigenvalue weighted by Crippen LogP contribution is -2.23. The van der Waals surface area contributed by atoms with Gasteiger partial charge < -0.3 is 16.0 Å². The lowest BCUT2D eigenvalue weighted by atomic mass is 10.1. The molecule has 2 rings (SSSR count). The number of nitrogen functional groups attached to an aromatic ring is 1. The fourth-order valence-electron chi connectivity index (χ4n) is 2.68. The van der Waals surface area contributed by atoms with Crippen LogP contribution in [0.25, 0.3) is 0 Å². The highest BCUT2D eigenvalue weighted by Crippen LogP contribution is 2.21. The predicted molar refractivity (Wildman–Crippen MR) is 79.2 cm³/mol. The van der Waals surface area contributed by atoms with E-state index >= 15 is 0 Å². The summed E-state index contributed by atoms with van der Waals surface area (Å²) in [7, 11) is 0. The molecule has 5 heteroatoms. The Kier molecular flexibility index (Phi) is 4.96. The number of rotatable bonds is 6. The zero-order chi connectivity index (χ0) is 13.7. The van der Waals surface area contributed by atoms with Gasteiger partial charge in [0.2, 0.25) is 0 Å². The summed E-state index contributed by atoms with van der Waals surface area (Å²) in [6.07, 6.45) is 4.80. The van der Waals surface area contributed by atoms with Crippen LogP contribution in [-0.4, -0.2) is 41.0 Å². The molecule has 106 valence electrons. The first-order valence-corrected chi connectivity index (χ1v) is 7.30. The SMILES string of the molecule is CCCc1c(N)ncnc1NCC1CCN(CC)C1. The van der Waals surface area contributed by atoms with Gasteiger partial charge in [0.05, 0.1) is 0 Å². The number of nitrogens with zero attached hydrogens (tertiary/aromatic N) is 3. The molecule has 2 heterocycles. The number of hydrogen-bond donors (Lipinski definition) is 2. The van der Waals surface area contributed by atoms with Gasteiger partial charge in [-0.05, 0) is 31.8 Å². The maximum Gasteiger partial charge on any atom is 0.134 e. The molecule has 0 aliphatic carbocycles. The van der Waals surface area contributed by atoms with Crippen molar-refractivity contribution in [2.45, 2.75) is 33.1 Å². The van der Waals surface area contributed by atoms with Crippen LogP contribution >= 0.6 is 0 Å². The van der Waals surface area contributed by atoms with Crippen molar-refractivity contribution >= 4 is 11.6 Å². The van der Waals surface area contributed by atoms with E-state index < -0.39 is 0 Å². The molecule has 0 aromatic carbocycles. The molecule has 3 N–H and O–H groups in total. The first-order chi connectivity index (χ1) is 9.24. The molecule has 0 amide bonds. The molecule has 0 spiro atoms. The summed E-state index contributed by atoms with van der Waals surface area (Å²) in [4.78, 5) is 10.9. The Hall–Kier alpha value is -1.36. The molecule has 1 atom stereocenters. The fraction of sp³-hybridized carbons (Fsp3) is 0.714. The largest absolute Gasteiger partial charge is 0.383 e. The standard InChI is InChI=1S/C14H25N5/c1-3-5-12-13(15)17-10-18-14(12)16-8-11-6-7-19(4-2)9-11/h10-11H,3-9H2,1-2H3,(H3,15,16,17,18). The van der Waals surface area contributed by atoms with Gasteiger partial charge in [0.25, 0.3) is 0 Å². The van der Waals surface area contributed by atoms with Crippen LogP contribution in [0.1, 0.15) is 32.3 Å². The molecular formula is C14H25N5. The highest BCUT2D eigenvalue weighted by atomic mass is 15.1. The Morgan fingerprint density at radius 3 is 2.95 bits per heavy atom. The zero-order valence-electron chi connectivity index (χ0n) is 12.0. The third kappa shape index (κ3) is 3.56. The van der Waals surface area contributed by atoms with Crippen LogP contribution in [0.5, 0.6) is 0 Å². The fourth-order valence-corrected chi connectivity index (χ4v) is 2.68. The molecule has 1 aliphatic rings. The smallest absolute Gasteiger partial charge is 0.134 e. The highest BCUT2D eigenvalue weighted by Gasteiger charge is 2.21. The molecular weight excluding hydrogens is 238 g/mol. The van der Waals surface area contributed by atoms with E-state index in [2.05, 4.69) is 34.0 Å². The molecule has 19 heavy (non-hydrogen) atoms. The van der Waals surface area contributed by atoms with Gasteiger partial charge in [-0.2, -0.15) is 0 Å². The first kappa shape index (κ1) is 14.1. The summed E-state index contributed by atoms with van der Waals surface area (Å²) < 4.78 is 0. The third-order valence-electron chi connectivity index (χ3n) is 3.85. The van der Waals surface area contributed by atoms with E-state index in [1.54, 1.807) is 6.33 Å². The third-order valence-corrected chi connectivity index (χ3v) is 3.85. The van der Waals surface area contributed by atoms with Gasteiger partial charge in [-0.15, -0.1) is 0 Å². The average Bonchev–Trinajstić information content (AvgIpc) is 2.87. The lowest BCUT2D eigenvalue weighted by Gasteiger charge is -2.16. The van der Waals surface area contributed by atoms with E-state index in [1.807, 2.05) is 0 Å². The van der Waals surface area contributed by atoms with Crippen LogP contribution in [0.3, 0.4) is 0 Å². The molecule has 1 unspecified atom stereocenters. The minimum Gasteiger partial charge on any atom is -0.383 e. The summed E-state index contributed by atoms with van der Waals surface area (Å²) in [5.74, 6) is 2.25. The quantitative estimate of drug-likeness (QED) is 0.818. The van der Waals surface area contributed by atoms with Crippen molar-refractivity contribution in [3.63, 3.8) is 0 Å². The maximum atomic E-state index is 5.94. The number of nitrogens with two attached hydrogens (primary N) is 1. The van der Waals surface area contributed by atoms with E-state index in [4.69, 9.17) is 5.73 Å². The summed E-state index contributed by atoms with van der Waals surface area (Å²) in [5, 5.41) is 3.47. The van der Waals surface area contributed by atoms with Gasteiger partial charge in [-0.25, -0.2) is 9.97 Å². The highest BCUT2D eigenvalue weighted by molar-refractivity contribution is 5.54. The summed E-state index contributed by atoms with van der Waals surface area (Å²) in [6, 6.07) is 0. The van der Waals surface area contributed by atoms with Crippen LogP contribution < -0.4 is 11.1 Å². The Balaban J connectivity index is 1.94. The van der Waals surface area contributed by atoms with Crippen molar-refractivity contribution in [1.82, 2.24) is 14.9 Å². The van der Waals surface area contributed by atoms with E-state index in [0.717, 1.165) is 37.3 Å². The molecule has 0 radical (unpaired) electrons. The van der Waals surface area contributed by atoms with Crippen molar-refractivity contribution in [1.29, 1.82) is 0 Å². The van der Waals surface area contributed by atoms with Crippen molar-refractivity contribution in [2.24, 2.45) is 5.92 Å². The number of nitrogens with one attached hydrogen (secondary N) is 1. The van der Waals surface area contributed by atoms with Crippen LogP contribution in [-0.2, 0) is 6.42 Å². The Morgan fingerprint density at radius 1 is 1.42 bits per heavy atom. The van der Waals surface area contributed by atoms with Crippen LogP contribution in [0, 0.1) is 5.92 Å². The molecule has 0 saturated carbocycles. The van der Waals surface area contributed by atoms with E-state index in [9.17, 15) is 0 Å². The van der Waals surface area contributed by atoms with E-state index in [1.165, 1.54) is 19.5 Å². The minimum absolute atomic E-state index is 0.612. The summed E-state index contributed by atoms with van der Waals surface area (Å²) in [6.45, 7) is 8.90. The summed E-state index contributed by atoms with van der Waals surface area (Å²) >= 11 is 0. The van der Waals surface area contributed by atoms with E-state index in [-0.39, 0.29) is 0 Å². The Bertz CT molecular complexity index is 407. The van der Waals surface area contributed by atoms with Crippen LogP contribution in [0.4, 0.5) is 11.6 Å².